The van der Waals surface area contributed by atoms with Crippen LogP contribution < -0.4 is 10.6 Å². The molecule has 2 unspecified atom stereocenters. The van der Waals surface area contributed by atoms with Crippen molar-refractivity contribution in [2.75, 3.05) is 20.2 Å². The Labute approximate surface area is 91.8 Å². The fraction of sp³-hybridized carbons (Fsp3) is 0.909. The van der Waals surface area contributed by atoms with Crippen molar-refractivity contribution in [2.24, 2.45) is 0 Å². The van der Waals surface area contributed by atoms with Gasteiger partial charge in [0.2, 0.25) is 5.91 Å². The zero-order valence-corrected chi connectivity index (χ0v) is 9.71. The Kier molecular flexibility index (Phi) is 5.65. The Hall–Kier alpha value is -0.610. The highest BCUT2D eigenvalue weighted by Crippen LogP contribution is 2.15. The molecule has 1 heterocycles. The van der Waals surface area contributed by atoms with Crippen molar-refractivity contribution in [3.05, 3.63) is 0 Å². The monoisotopic (exact) mass is 214 g/mol. The molecule has 0 aliphatic carbocycles. The van der Waals surface area contributed by atoms with Gasteiger partial charge < -0.3 is 15.4 Å². The molecule has 1 aliphatic rings. The molecule has 1 aliphatic heterocycles. The first-order chi connectivity index (χ1) is 7.24. The second kappa shape index (κ2) is 6.80. The first-order valence-electron chi connectivity index (χ1n) is 5.79. The standard InChI is InChI=1S/C11H22N2O2/c1-9(10-5-4-8-15-10)13-7-3-6-11(14)12-2/h9-10,13H,3-8H2,1-2H3,(H,12,14). The number of rotatable bonds is 6. The first-order valence-corrected chi connectivity index (χ1v) is 5.79. The topological polar surface area (TPSA) is 50.4 Å². The predicted molar refractivity (Wildman–Crippen MR) is 59.7 cm³/mol. The highest BCUT2D eigenvalue weighted by Gasteiger charge is 2.21. The number of carbonyl (C=O) groups is 1. The van der Waals surface area contributed by atoms with Crippen LogP contribution in [0.1, 0.15) is 32.6 Å². The number of hydrogen-bond donors (Lipinski definition) is 2. The summed E-state index contributed by atoms with van der Waals surface area (Å²) in [6, 6.07) is 0.400. The maximum Gasteiger partial charge on any atom is 0.219 e. The van der Waals surface area contributed by atoms with Gasteiger partial charge in [-0.15, -0.1) is 0 Å². The molecule has 2 N–H and O–H groups in total. The van der Waals surface area contributed by atoms with Crippen LogP contribution in [0.25, 0.3) is 0 Å². The minimum Gasteiger partial charge on any atom is -0.377 e. The van der Waals surface area contributed by atoms with Crippen molar-refractivity contribution in [1.82, 2.24) is 10.6 Å². The molecule has 1 amide bonds. The van der Waals surface area contributed by atoms with E-state index < -0.39 is 0 Å². The van der Waals surface area contributed by atoms with Gasteiger partial charge in [0.25, 0.3) is 0 Å². The van der Waals surface area contributed by atoms with E-state index in [0.717, 1.165) is 26.0 Å². The summed E-state index contributed by atoms with van der Waals surface area (Å²) in [4.78, 5) is 10.9. The van der Waals surface area contributed by atoms with Crippen LogP contribution in [0.3, 0.4) is 0 Å². The maximum atomic E-state index is 10.9. The summed E-state index contributed by atoms with van der Waals surface area (Å²) in [7, 11) is 1.67. The van der Waals surface area contributed by atoms with Crippen LogP contribution in [-0.4, -0.2) is 38.3 Å². The summed E-state index contributed by atoms with van der Waals surface area (Å²) in [5.74, 6) is 0.113. The van der Waals surface area contributed by atoms with E-state index in [4.69, 9.17) is 4.74 Å². The predicted octanol–water partition coefficient (Wildman–Crippen LogP) is 0.670. The zero-order chi connectivity index (χ0) is 11.1. The van der Waals surface area contributed by atoms with E-state index in [1.807, 2.05) is 0 Å². The molecule has 1 saturated heterocycles. The molecule has 1 rings (SSSR count). The smallest absolute Gasteiger partial charge is 0.219 e. The average Bonchev–Trinajstić information content (AvgIpc) is 2.77. The Bertz CT molecular complexity index is 191. The third-order valence-electron chi connectivity index (χ3n) is 2.85. The highest BCUT2D eigenvalue weighted by molar-refractivity contribution is 5.75. The Morgan fingerprint density at radius 2 is 2.40 bits per heavy atom. The molecule has 4 nitrogen and oxygen atoms in total. The molecular weight excluding hydrogens is 192 g/mol. The van der Waals surface area contributed by atoms with Crippen LogP contribution >= 0.6 is 0 Å². The molecular formula is C11H22N2O2. The van der Waals surface area contributed by atoms with E-state index in [-0.39, 0.29) is 5.91 Å². The van der Waals surface area contributed by atoms with Gasteiger partial charge in [0.1, 0.15) is 0 Å². The number of ether oxygens (including phenoxy) is 1. The van der Waals surface area contributed by atoms with Crippen molar-refractivity contribution < 1.29 is 9.53 Å². The minimum absolute atomic E-state index is 0.113. The van der Waals surface area contributed by atoms with E-state index in [2.05, 4.69) is 17.6 Å². The highest BCUT2D eigenvalue weighted by atomic mass is 16.5. The van der Waals surface area contributed by atoms with Gasteiger partial charge in [-0.1, -0.05) is 0 Å². The molecule has 1 fully saturated rings. The normalized spacial score (nSPS) is 22.7. The van der Waals surface area contributed by atoms with Crippen LogP contribution in [-0.2, 0) is 9.53 Å². The summed E-state index contributed by atoms with van der Waals surface area (Å²) >= 11 is 0. The van der Waals surface area contributed by atoms with E-state index in [1.165, 1.54) is 6.42 Å². The Balaban J connectivity index is 2.01. The lowest BCUT2D eigenvalue weighted by atomic mass is 10.1. The molecule has 88 valence electrons. The fourth-order valence-electron chi connectivity index (χ4n) is 1.83. The zero-order valence-electron chi connectivity index (χ0n) is 9.71. The molecule has 4 heteroatoms. The summed E-state index contributed by atoms with van der Waals surface area (Å²) in [5, 5.41) is 6.02. The summed E-state index contributed by atoms with van der Waals surface area (Å²) in [6.45, 7) is 3.93. The third kappa shape index (κ3) is 4.62. The number of amides is 1. The molecule has 0 saturated carbocycles. The van der Waals surface area contributed by atoms with Gasteiger partial charge in [0.15, 0.2) is 0 Å². The van der Waals surface area contributed by atoms with E-state index in [0.29, 0.717) is 18.6 Å². The summed E-state index contributed by atoms with van der Waals surface area (Å²) in [6.07, 6.45) is 4.18. The molecule has 0 aromatic heterocycles. The Morgan fingerprint density at radius 3 is 3.00 bits per heavy atom. The quantitative estimate of drug-likeness (QED) is 0.639. The van der Waals surface area contributed by atoms with Crippen LogP contribution in [0.4, 0.5) is 0 Å². The lowest BCUT2D eigenvalue weighted by Gasteiger charge is -2.19. The lowest BCUT2D eigenvalue weighted by Crippen LogP contribution is -2.37. The van der Waals surface area contributed by atoms with E-state index in [1.54, 1.807) is 7.05 Å². The van der Waals surface area contributed by atoms with Crippen LogP contribution in [0.5, 0.6) is 0 Å². The molecule has 0 spiro atoms. The van der Waals surface area contributed by atoms with Gasteiger partial charge in [-0.05, 0) is 32.7 Å². The van der Waals surface area contributed by atoms with E-state index >= 15 is 0 Å². The van der Waals surface area contributed by atoms with Crippen molar-refractivity contribution in [3.8, 4) is 0 Å². The van der Waals surface area contributed by atoms with Crippen LogP contribution in [0, 0.1) is 0 Å². The van der Waals surface area contributed by atoms with Crippen molar-refractivity contribution in [1.29, 1.82) is 0 Å². The largest absolute Gasteiger partial charge is 0.377 e. The maximum absolute atomic E-state index is 10.9. The lowest BCUT2D eigenvalue weighted by molar-refractivity contribution is -0.120. The van der Waals surface area contributed by atoms with Gasteiger partial charge in [-0.3, -0.25) is 4.79 Å². The van der Waals surface area contributed by atoms with E-state index in [9.17, 15) is 4.79 Å². The number of hydrogen-bond acceptors (Lipinski definition) is 3. The average molecular weight is 214 g/mol. The summed E-state index contributed by atoms with van der Waals surface area (Å²) < 4.78 is 5.57. The van der Waals surface area contributed by atoms with Gasteiger partial charge in [0, 0.05) is 26.1 Å². The molecule has 0 bridgehead atoms. The van der Waals surface area contributed by atoms with Crippen molar-refractivity contribution in [2.45, 2.75) is 44.8 Å². The number of nitrogens with one attached hydrogen (secondary N) is 2. The molecule has 15 heavy (non-hydrogen) atoms. The third-order valence-corrected chi connectivity index (χ3v) is 2.85. The van der Waals surface area contributed by atoms with Crippen molar-refractivity contribution >= 4 is 5.91 Å². The van der Waals surface area contributed by atoms with Crippen molar-refractivity contribution in [3.63, 3.8) is 0 Å². The molecule has 0 aromatic carbocycles. The van der Waals surface area contributed by atoms with Crippen LogP contribution in [0.2, 0.25) is 0 Å². The van der Waals surface area contributed by atoms with Gasteiger partial charge >= 0.3 is 0 Å². The minimum atomic E-state index is 0.113. The second-order valence-electron chi connectivity index (χ2n) is 4.07. The van der Waals surface area contributed by atoms with Crippen LogP contribution in [0.15, 0.2) is 0 Å². The number of carbonyl (C=O) groups excluding carboxylic acids is 1. The molecule has 2 atom stereocenters. The SMILES string of the molecule is CNC(=O)CCCNC(C)C1CCCO1. The Morgan fingerprint density at radius 1 is 1.60 bits per heavy atom. The summed E-state index contributed by atoms with van der Waals surface area (Å²) in [5.41, 5.74) is 0. The second-order valence-corrected chi connectivity index (χ2v) is 4.07. The van der Waals surface area contributed by atoms with Gasteiger partial charge in [-0.2, -0.15) is 0 Å². The first kappa shape index (κ1) is 12.5. The van der Waals surface area contributed by atoms with Gasteiger partial charge in [0.05, 0.1) is 6.10 Å². The molecule has 0 aromatic rings. The molecule has 0 radical (unpaired) electrons. The van der Waals surface area contributed by atoms with Gasteiger partial charge in [-0.25, -0.2) is 0 Å². The fourth-order valence-corrected chi connectivity index (χ4v) is 1.83.